The monoisotopic (exact) mass is 392 g/mol. The third kappa shape index (κ3) is 4.64. The van der Waals surface area contributed by atoms with Crippen LogP contribution < -0.4 is 4.90 Å². The van der Waals surface area contributed by atoms with E-state index in [1.165, 1.54) is 22.4 Å². The Morgan fingerprint density at radius 3 is 2.66 bits per heavy atom. The molecule has 0 spiro atoms. The molecule has 0 amide bonds. The number of carbonyl (C=O) groups excluding carboxylic acids is 1. The molecule has 0 radical (unpaired) electrons. The molecule has 0 bridgehead atoms. The van der Waals surface area contributed by atoms with E-state index in [0.29, 0.717) is 19.1 Å². The highest BCUT2D eigenvalue weighted by Gasteiger charge is 2.32. The normalized spacial score (nSPS) is 18.4. The Balaban J connectivity index is 1.40. The molecular weight excluding hydrogens is 360 g/mol. The average molecular weight is 393 g/mol. The van der Waals surface area contributed by atoms with E-state index < -0.39 is 0 Å². The Morgan fingerprint density at radius 1 is 1.00 bits per heavy atom. The van der Waals surface area contributed by atoms with Crippen molar-refractivity contribution < 1.29 is 9.53 Å². The highest BCUT2D eigenvalue weighted by Crippen LogP contribution is 2.39. The zero-order valence-corrected chi connectivity index (χ0v) is 17.5. The van der Waals surface area contributed by atoms with Gasteiger partial charge >= 0.3 is 5.97 Å². The van der Waals surface area contributed by atoms with Gasteiger partial charge in [0.2, 0.25) is 0 Å². The first-order chi connectivity index (χ1) is 14.3. The van der Waals surface area contributed by atoms with Crippen molar-refractivity contribution >= 4 is 11.7 Å². The summed E-state index contributed by atoms with van der Waals surface area (Å²) in [5.41, 5.74) is 5.79. The topological polar surface area (TPSA) is 32.8 Å². The van der Waals surface area contributed by atoms with Crippen LogP contribution in [0, 0.1) is 0 Å². The Morgan fingerprint density at radius 2 is 1.79 bits per heavy atom. The van der Waals surface area contributed by atoms with Gasteiger partial charge in [-0.1, -0.05) is 48.9 Å². The second-order valence-electron chi connectivity index (χ2n) is 8.13. The van der Waals surface area contributed by atoms with Gasteiger partial charge in [0, 0.05) is 31.7 Å². The molecule has 4 nitrogen and oxygen atoms in total. The fourth-order valence-electron chi connectivity index (χ4n) is 4.78. The zero-order valence-electron chi connectivity index (χ0n) is 17.5. The van der Waals surface area contributed by atoms with E-state index >= 15 is 0 Å². The minimum atomic E-state index is -0.0603. The highest BCUT2D eigenvalue weighted by molar-refractivity contribution is 5.69. The first kappa shape index (κ1) is 20.0. The quantitative estimate of drug-likeness (QED) is 0.510. The number of hydrogen-bond donors (Lipinski definition) is 0. The van der Waals surface area contributed by atoms with Crippen LogP contribution >= 0.6 is 0 Å². The van der Waals surface area contributed by atoms with E-state index in [9.17, 15) is 4.79 Å². The summed E-state index contributed by atoms with van der Waals surface area (Å²) >= 11 is 0. The van der Waals surface area contributed by atoms with E-state index in [1.807, 2.05) is 6.92 Å². The summed E-state index contributed by atoms with van der Waals surface area (Å²) in [5.74, 6) is -0.0603. The molecule has 0 N–H and O–H groups in total. The number of nitrogens with zero attached hydrogens (tertiary/aromatic N) is 2. The lowest BCUT2D eigenvalue weighted by molar-refractivity contribution is -0.143. The molecule has 2 aliphatic rings. The van der Waals surface area contributed by atoms with Crippen molar-refractivity contribution in [3.8, 4) is 0 Å². The van der Waals surface area contributed by atoms with Gasteiger partial charge in [-0.05, 0) is 55.5 Å². The highest BCUT2D eigenvalue weighted by atomic mass is 16.5. The Hall–Kier alpha value is -2.33. The number of unbranched alkanes of at least 4 members (excludes halogenated alkanes) is 2. The fraction of sp³-hybridized carbons (Fsp3) is 0.480. The number of fused-ring (bicyclic) bond motifs is 5. The van der Waals surface area contributed by atoms with Crippen molar-refractivity contribution in [2.24, 2.45) is 0 Å². The summed E-state index contributed by atoms with van der Waals surface area (Å²) in [4.78, 5) is 16.7. The molecular formula is C25H32N2O2. The standard InChI is InChI=1S/C25H32N2O2/c1-2-29-25(28)14-4-3-9-15-26-16-17-27-23-13-8-6-11-21(23)18-20-10-5-7-12-22(20)24(27)19-26/h5-8,10-13,24H,2-4,9,14-19H2,1H3/t24-/m0/s1. The average Bonchev–Trinajstić information content (AvgIpc) is 2.88. The van der Waals surface area contributed by atoms with E-state index in [4.69, 9.17) is 4.74 Å². The van der Waals surface area contributed by atoms with Crippen molar-refractivity contribution in [2.75, 3.05) is 37.7 Å². The molecule has 2 aromatic rings. The van der Waals surface area contributed by atoms with Crippen LogP contribution in [0.4, 0.5) is 5.69 Å². The van der Waals surface area contributed by atoms with Gasteiger partial charge in [-0.25, -0.2) is 0 Å². The number of para-hydroxylation sites is 1. The maximum atomic E-state index is 11.5. The van der Waals surface area contributed by atoms with Gasteiger partial charge in [0.25, 0.3) is 0 Å². The molecule has 0 aliphatic carbocycles. The summed E-state index contributed by atoms with van der Waals surface area (Å²) in [6.07, 6.45) is 4.73. The van der Waals surface area contributed by atoms with Gasteiger partial charge in [0.15, 0.2) is 0 Å². The van der Waals surface area contributed by atoms with Crippen molar-refractivity contribution in [1.29, 1.82) is 0 Å². The molecule has 2 heterocycles. The predicted octanol–water partition coefficient (Wildman–Crippen LogP) is 4.58. The Bertz CT molecular complexity index is 835. The fourth-order valence-corrected chi connectivity index (χ4v) is 4.78. The van der Waals surface area contributed by atoms with Crippen LogP contribution in [-0.4, -0.2) is 43.7 Å². The van der Waals surface area contributed by atoms with Gasteiger partial charge in [0.05, 0.1) is 12.6 Å². The first-order valence-electron chi connectivity index (χ1n) is 11.1. The molecule has 1 atom stereocenters. The SMILES string of the molecule is CCOC(=O)CCCCCN1CCN2c3ccccc3Cc3ccccc3[C@@H]2C1. The molecule has 154 valence electrons. The van der Waals surface area contributed by atoms with Gasteiger partial charge < -0.3 is 9.64 Å². The van der Waals surface area contributed by atoms with Crippen molar-refractivity contribution in [2.45, 2.75) is 45.1 Å². The number of benzene rings is 2. The maximum Gasteiger partial charge on any atom is 0.305 e. The van der Waals surface area contributed by atoms with Crippen molar-refractivity contribution in [3.63, 3.8) is 0 Å². The minimum absolute atomic E-state index is 0.0603. The van der Waals surface area contributed by atoms with Gasteiger partial charge in [0.1, 0.15) is 0 Å². The van der Waals surface area contributed by atoms with Crippen LogP contribution in [-0.2, 0) is 16.0 Å². The van der Waals surface area contributed by atoms with Crippen molar-refractivity contribution in [1.82, 2.24) is 4.90 Å². The molecule has 4 heteroatoms. The number of anilines is 1. The number of rotatable bonds is 7. The van der Waals surface area contributed by atoms with Gasteiger partial charge in [-0.15, -0.1) is 0 Å². The van der Waals surface area contributed by atoms with Crippen LogP contribution in [0.5, 0.6) is 0 Å². The molecule has 0 unspecified atom stereocenters. The molecule has 1 saturated heterocycles. The summed E-state index contributed by atoms with van der Waals surface area (Å²) < 4.78 is 5.02. The first-order valence-corrected chi connectivity index (χ1v) is 11.1. The summed E-state index contributed by atoms with van der Waals surface area (Å²) in [6, 6.07) is 18.3. The van der Waals surface area contributed by atoms with Crippen LogP contribution in [0.1, 0.15) is 55.3 Å². The summed E-state index contributed by atoms with van der Waals surface area (Å²) in [6.45, 7) is 6.70. The maximum absolute atomic E-state index is 11.5. The molecule has 0 aromatic heterocycles. The molecule has 4 rings (SSSR count). The Labute approximate surface area is 174 Å². The number of carbonyl (C=O) groups is 1. The van der Waals surface area contributed by atoms with E-state index in [1.54, 1.807) is 0 Å². The number of esters is 1. The summed E-state index contributed by atoms with van der Waals surface area (Å²) in [7, 11) is 0. The van der Waals surface area contributed by atoms with Gasteiger partial charge in [-0.2, -0.15) is 0 Å². The molecule has 29 heavy (non-hydrogen) atoms. The zero-order chi connectivity index (χ0) is 20.1. The molecule has 2 aromatic carbocycles. The van der Waals surface area contributed by atoms with Crippen molar-refractivity contribution in [3.05, 3.63) is 65.2 Å². The van der Waals surface area contributed by atoms with E-state index in [2.05, 4.69) is 58.3 Å². The third-order valence-corrected chi connectivity index (χ3v) is 6.22. The lowest BCUT2D eigenvalue weighted by Gasteiger charge is -2.43. The van der Waals surface area contributed by atoms with Crippen LogP contribution in [0.3, 0.4) is 0 Å². The second kappa shape index (κ2) is 9.45. The Kier molecular flexibility index (Phi) is 6.50. The van der Waals surface area contributed by atoms with E-state index in [0.717, 1.165) is 51.9 Å². The van der Waals surface area contributed by atoms with Crippen LogP contribution in [0.25, 0.3) is 0 Å². The molecule has 0 saturated carbocycles. The predicted molar refractivity (Wildman–Crippen MR) is 117 cm³/mol. The lowest BCUT2D eigenvalue weighted by atomic mass is 9.96. The van der Waals surface area contributed by atoms with Crippen LogP contribution in [0.15, 0.2) is 48.5 Å². The smallest absolute Gasteiger partial charge is 0.305 e. The third-order valence-electron chi connectivity index (χ3n) is 6.22. The van der Waals surface area contributed by atoms with E-state index in [-0.39, 0.29) is 5.97 Å². The summed E-state index contributed by atoms with van der Waals surface area (Å²) in [5, 5.41) is 0. The largest absolute Gasteiger partial charge is 0.466 e. The van der Waals surface area contributed by atoms with Gasteiger partial charge in [-0.3, -0.25) is 9.69 Å². The molecule has 2 aliphatic heterocycles. The molecule has 1 fully saturated rings. The second-order valence-corrected chi connectivity index (χ2v) is 8.13. The number of ether oxygens (including phenoxy) is 1. The minimum Gasteiger partial charge on any atom is -0.466 e. The van der Waals surface area contributed by atoms with Crippen LogP contribution in [0.2, 0.25) is 0 Å². The number of hydrogen-bond acceptors (Lipinski definition) is 4. The number of piperazine rings is 1. The lowest BCUT2D eigenvalue weighted by Crippen LogP contribution is -2.48.